The average molecular weight is 434 g/mol. The Morgan fingerprint density at radius 2 is 1.97 bits per heavy atom. The first-order valence-corrected chi connectivity index (χ1v) is 10.7. The molecule has 9 nitrogen and oxygen atoms in total. The van der Waals surface area contributed by atoms with Crippen molar-refractivity contribution in [3.8, 4) is 11.4 Å². The van der Waals surface area contributed by atoms with Gasteiger partial charge in [-0.1, -0.05) is 0 Å². The fourth-order valence-corrected chi connectivity index (χ4v) is 4.15. The second-order valence-corrected chi connectivity index (χ2v) is 8.28. The van der Waals surface area contributed by atoms with Gasteiger partial charge < -0.3 is 15.2 Å². The zero-order valence-electron chi connectivity index (χ0n) is 18.8. The van der Waals surface area contributed by atoms with E-state index in [1.807, 2.05) is 26.8 Å². The molecule has 4 heterocycles. The third-order valence-electron chi connectivity index (χ3n) is 5.90. The number of H-pyrrole nitrogens is 1. The van der Waals surface area contributed by atoms with E-state index in [0.29, 0.717) is 28.6 Å². The van der Waals surface area contributed by atoms with E-state index >= 15 is 0 Å². The number of carbonyl (C=O) groups excluding carboxylic acids is 1. The molecule has 0 aliphatic carbocycles. The molecule has 1 aliphatic heterocycles. The predicted molar refractivity (Wildman–Crippen MR) is 122 cm³/mol. The average Bonchev–Trinajstić information content (AvgIpc) is 3.19. The predicted octanol–water partition coefficient (Wildman–Crippen LogP) is 2.47. The highest BCUT2D eigenvalue weighted by Gasteiger charge is 2.27. The number of anilines is 1. The number of rotatable bonds is 5. The second kappa shape index (κ2) is 8.86. The van der Waals surface area contributed by atoms with Crippen LogP contribution in [-0.4, -0.2) is 43.4 Å². The first-order valence-electron chi connectivity index (χ1n) is 10.7. The minimum Gasteiger partial charge on any atom is -0.354 e. The van der Waals surface area contributed by atoms with Crippen LogP contribution in [0.15, 0.2) is 29.6 Å². The van der Waals surface area contributed by atoms with Crippen molar-refractivity contribution in [1.29, 1.82) is 0 Å². The summed E-state index contributed by atoms with van der Waals surface area (Å²) < 4.78 is 0. The van der Waals surface area contributed by atoms with Crippen molar-refractivity contribution in [3.63, 3.8) is 0 Å². The summed E-state index contributed by atoms with van der Waals surface area (Å²) in [5, 5.41) is 2.87. The summed E-state index contributed by atoms with van der Waals surface area (Å²) in [6, 6.07) is 2.22. The number of hydrogen-bond donors (Lipinski definition) is 2. The van der Waals surface area contributed by atoms with E-state index < -0.39 is 0 Å². The van der Waals surface area contributed by atoms with Gasteiger partial charge in [0.15, 0.2) is 5.82 Å². The summed E-state index contributed by atoms with van der Waals surface area (Å²) in [5.41, 5.74) is 3.59. The Hall–Kier alpha value is -3.62. The summed E-state index contributed by atoms with van der Waals surface area (Å²) in [7, 11) is 0. The number of nitrogens with zero attached hydrogens (tertiary/aromatic N) is 5. The van der Waals surface area contributed by atoms with Gasteiger partial charge in [0.2, 0.25) is 0 Å². The summed E-state index contributed by atoms with van der Waals surface area (Å²) in [4.78, 5) is 48.0. The summed E-state index contributed by atoms with van der Waals surface area (Å²) in [5.74, 6) is 0.800. The Labute approximate surface area is 186 Å². The Morgan fingerprint density at radius 1 is 1.22 bits per heavy atom. The normalized spacial score (nSPS) is 15.8. The lowest BCUT2D eigenvalue weighted by atomic mass is 10.1. The van der Waals surface area contributed by atoms with Gasteiger partial charge in [-0.15, -0.1) is 0 Å². The van der Waals surface area contributed by atoms with Gasteiger partial charge in [-0.3, -0.25) is 9.59 Å². The van der Waals surface area contributed by atoms with E-state index in [9.17, 15) is 9.59 Å². The maximum absolute atomic E-state index is 13.2. The van der Waals surface area contributed by atoms with Crippen molar-refractivity contribution in [2.45, 2.75) is 53.1 Å². The standard InChI is InChI=1S/C23H27N7O2/c1-13-8-14(2)27-22(31)18(13)11-26-23(32)19-16(4)21(30-7-5-6-15(30)3)29-20(28-19)17-9-24-12-25-10-17/h8-10,12,15H,5-7,11H2,1-4H3,(H,26,32)(H,27,31)/t15-/m0/s1. The largest absolute Gasteiger partial charge is 0.354 e. The lowest BCUT2D eigenvalue weighted by Gasteiger charge is -2.25. The quantitative estimate of drug-likeness (QED) is 0.635. The molecule has 1 amide bonds. The van der Waals surface area contributed by atoms with Gasteiger partial charge in [-0.2, -0.15) is 0 Å². The molecular weight excluding hydrogens is 406 g/mol. The third-order valence-corrected chi connectivity index (χ3v) is 5.90. The van der Waals surface area contributed by atoms with Crippen molar-refractivity contribution in [3.05, 3.63) is 63.2 Å². The van der Waals surface area contributed by atoms with Crippen LogP contribution in [0.1, 0.15) is 52.6 Å². The summed E-state index contributed by atoms with van der Waals surface area (Å²) >= 11 is 0. The first kappa shape index (κ1) is 21.6. The van der Waals surface area contributed by atoms with Gasteiger partial charge >= 0.3 is 0 Å². The molecule has 3 aromatic rings. The van der Waals surface area contributed by atoms with E-state index in [2.05, 4.69) is 37.1 Å². The maximum atomic E-state index is 13.2. The van der Waals surface area contributed by atoms with Crippen molar-refractivity contribution in [1.82, 2.24) is 30.2 Å². The SMILES string of the molecule is Cc1cc(C)c(CNC(=O)c2nc(-c3cncnc3)nc(N3CCC[C@@H]3C)c2C)c(=O)[nH]1. The molecule has 166 valence electrons. The van der Waals surface area contributed by atoms with Crippen molar-refractivity contribution < 1.29 is 4.79 Å². The number of nitrogens with one attached hydrogen (secondary N) is 2. The lowest BCUT2D eigenvalue weighted by Crippen LogP contribution is -2.32. The number of hydrogen-bond acceptors (Lipinski definition) is 7. The Morgan fingerprint density at radius 3 is 2.62 bits per heavy atom. The molecule has 0 saturated carbocycles. The monoisotopic (exact) mass is 433 g/mol. The molecule has 0 radical (unpaired) electrons. The molecular formula is C23H27N7O2. The highest BCUT2D eigenvalue weighted by atomic mass is 16.2. The summed E-state index contributed by atoms with van der Waals surface area (Å²) in [6.45, 7) is 8.71. The van der Waals surface area contributed by atoms with E-state index in [1.165, 1.54) is 6.33 Å². The van der Waals surface area contributed by atoms with Gasteiger partial charge in [0.1, 0.15) is 17.8 Å². The van der Waals surface area contributed by atoms with Crippen LogP contribution < -0.4 is 15.8 Å². The van der Waals surface area contributed by atoms with Crippen LogP contribution in [-0.2, 0) is 6.54 Å². The maximum Gasteiger partial charge on any atom is 0.270 e. The minimum absolute atomic E-state index is 0.114. The van der Waals surface area contributed by atoms with Crippen LogP contribution in [0, 0.1) is 20.8 Å². The molecule has 3 aromatic heterocycles. The van der Waals surface area contributed by atoms with Crippen LogP contribution in [0.25, 0.3) is 11.4 Å². The minimum atomic E-state index is -0.351. The van der Waals surface area contributed by atoms with Gasteiger partial charge in [0.25, 0.3) is 11.5 Å². The smallest absolute Gasteiger partial charge is 0.270 e. The number of amides is 1. The highest BCUT2D eigenvalue weighted by molar-refractivity contribution is 5.95. The highest BCUT2D eigenvalue weighted by Crippen LogP contribution is 2.30. The molecule has 0 aromatic carbocycles. The number of aromatic nitrogens is 5. The van der Waals surface area contributed by atoms with Crippen LogP contribution in [0.5, 0.6) is 0 Å². The number of aryl methyl sites for hydroxylation is 2. The van der Waals surface area contributed by atoms with E-state index in [4.69, 9.17) is 4.98 Å². The Balaban J connectivity index is 1.71. The zero-order valence-corrected chi connectivity index (χ0v) is 18.8. The molecule has 9 heteroatoms. The number of aromatic amines is 1. The molecule has 32 heavy (non-hydrogen) atoms. The molecule has 1 fully saturated rings. The van der Waals surface area contributed by atoms with E-state index in [-0.39, 0.29) is 23.7 Å². The van der Waals surface area contributed by atoms with E-state index in [0.717, 1.165) is 36.5 Å². The molecule has 0 unspecified atom stereocenters. The Bertz CT molecular complexity index is 1210. The molecule has 0 bridgehead atoms. The fraction of sp³-hybridized carbons (Fsp3) is 0.391. The van der Waals surface area contributed by atoms with Crippen molar-refractivity contribution >= 4 is 11.7 Å². The molecule has 1 saturated heterocycles. The van der Waals surface area contributed by atoms with Gasteiger partial charge in [-0.25, -0.2) is 19.9 Å². The van der Waals surface area contributed by atoms with Crippen LogP contribution in [0.3, 0.4) is 0 Å². The molecule has 0 spiro atoms. The number of pyridine rings is 1. The van der Waals surface area contributed by atoms with Crippen LogP contribution in [0.4, 0.5) is 5.82 Å². The molecule has 1 aliphatic rings. The lowest BCUT2D eigenvalue weighted by molar-refractivity contribution is 0.0945. The topological polar surface area (TPSA) is 117 Å². The zero-order chi connectivity index (χ0) is 22.8. The molecule has 4 rings (SSSR count). The first-order chi connectivity index (χ1) is 15.3. The Kier molecular flexibility index (Phi) is 5.98. The van der Waals surface area contributed by atoms with Gasteiger partial charge in [0.05, 0.1) is 5.56 Å². The van der Waals surface area contributed by atoms with Gasteiger partial charge in [0, 0.05) is 48.3 Å². The molecule has 1 atom stereocenters. The van der Waals surface area contributed by atoms with Gasteiger partial charge in [-0.05, 0) is 52.2 Å². The van der Waals surface area contributed by atoms with Crippen molar-refractivity contribution in [2.75, 3.05) is 11.4 Å². The van der Waals surface area contributed by atoms with Crippen molar-refractivity contribution in [2.24, 2.45) is 0 Å². The summed E-state index contributed by atoms with van der Waals surface area (Å²) in [6.07, 6.45) is 6.85. The van der Waals surface area contributed by atoms with Crippen LogP contribution in [0.2, 0.25) is 0 Å². The third kappa shape index (κ3) is 4.23. The second-order valence-electron chi connectivity index (χ2n) is 8.28. The fourth-order valence-electron chi connectivity index (χ4n) is 4.15. The van der Waals surface area contributed by atoms with E-state index in [1.54, 1.807) is 12.4 Å². The van der Waals surface area contributed by atoms with Crippen LogP contribution >= 0.6 is 0 Å². The number of carbonyl (C=O) groups is 1. The molecule has 2 N–H and O–H groups in total.